The average molecular weight is 293 g/mol. The molecule has 2 N–H and O–H groups in total. The second kappa shape index (κ2) is 6.41. The minimum absolute atomic E-state index is 0.243. The fraction of sp³-hybridized carbons (Fsp3) is 0.600. The van der Waals surface area contributed by atoms with Crippen molar-refractivity contribution in [3.05, 3.63) is 23.9 Å². The molecular weight excluding hydrogens is 270 g/mol. The third-order valence-electron chi connectivity index (χ3n) is 3.07. The van der Waals surface area contributed by atoms with E-state index < -0.39 is 11.7 Å². The number of aliphatic hydroxyl groups excluding tert-OH is 1. The Labute approximate surface area is 125 Å². The van der Waals surface area contributed by atoms with E-state index in [1.54, 1.807) is 6.07 Å². The van der Waals surface area contributed by atoms with Gasteiger partial charge in [-0.15, -0.1) is 0 Å². The van der Waals surface area contributed by atoms with Crippen LogP contribution in [0.5, 0.6) is 0 Å². The fourth-order valence-electron chi connectivity index (χ4n) is 2.23. The van der Waals surface area contributed by atoms with Gasteiger partial charge in [0.15, 0.2) is 0 Å². The number of hydrogen-bond acceptors (Lipinski definition) is 5. The summed E-state index contributed by atoms with van der Waals surface area (Å²) >= 11 is 0. The molecule has 1 aliphatic heterocycles. The maximum Gasteiger partial charge on any atom is 0.413 e. The van der Waals surface area contributed by atoms with Crippen LogP contribution in [0.15, 0.2) is 18.2 Å². The third kappa shape index (κ3) is 5.32. The lowest BCUT2D eigenvalue weighted by molar-refractivity contribution is 0.0635. The Morgan fingerprint density at radius 1 is 1.52 bits per heavy atom. The van der Waals surface area contributed by atoms with Crippen LogP contribution >= 0.6 is 0 Å². The zero-order valence-electron chi connectivity index (χ0n) is 12.8. The number of aliphatic hydroxyl groups is 1. The molecule has 1 amide bonds. The number of aromatic nitrogens is 1. The quantitative estimate of drug-likeness (QED) is 0.891. The number of likely N-dealkylation sites (tertiary alicyclic amines) is 1. The highest BCUT2D eigenvalue weighted by molar-refractivity contribution is 5.83. The second-order valence-corrected chi connectivity index (χ2v) is 6.32. The molecule has 0 aliphatic carbocycles. The number of nitrogens with one attached hydrogen (secondary N) is 1. The van der Waals surface area contributed by atoms with Gasteiger partial charge in [0.25, 0.3) is 0 Å². The maximum atomic E-state index is 11.7. The summed E-state index contributed by atoms with van der Waals surface area (Å²) in [5, 5.41) is 12.2. The van der Waals surface area contributed by atoms with Gasteiger partial charge in [-0.2, -0.15) is 0 Å². The van der Waals surface area contributed by atoms with Gasteiger partial charge in [0.1, 0.15) is 11.4 Å². The largest absolute Gasteiger partial charge is 0.444 e. The predicted octanol–water partition coefficient (Wildman–Crippen LogP) is 2.00. The number of pyridine rings is 1. The van der Waals surface area contributed by atoms with Crippen molar-refractivity contribution < 1.29 is 14.6 Å². The Hall–Kier alpha value is -1.66. The highest BCUT2D eigenvalue weighted by Gasteiger charge is 2.21. The van der Waals surface area contributed by atoms with Gasteiger partial charge in [0.2, 0.25) is 0 Å². The molecule has 6 heteroatoms. The van der Waals surface area contributed by atoms with E-state index in [4.69, 9.17) is 4.74 Å². The molecule has 1 aromatic rings. The van der Waals surface area contributed by atoms with Crippen LogP contribution in [-0.4, -0.2) is 45.9 Å². The lowest BCUT2D eigenvalue weighted by atomic mass is 10.2. The van der Waals surface area contributed by atoms with Gasteiger partial charge < -0.3 is 9.84 Å². The molecular formula is C15H23N3O3. The molecule has 0 unspecified atom stereocenters. The lowest BCUT2D eigenvalue weighted by Gasteiger charge is -2.19. The van der Waals surface area contributed by atoms with Gasteiger partial charge >= 0.3 is 6.09 Å². The summed E-state index contributed by atoms with van der Waals surface area (Å²) in [5.41, 5.74) is 0.325. The Morgan fingerprint density at radius 2 is 2.29 bits per heavy atom. The smallest absolute Gasteiger partial charge is 0.413 e. The van der Waals surface area contributed by atoms with Gasteiger partial charge in [0.05, 0.1) is 11.8 Å². The van der Waals surface area contributed by atoms with Crippen LogP contribution in [0.3, 0.4) is 0 Å². The fourth-order valence-corrected chi connectivity index (χ4v) is 2.23. The van der Waals surface area contributed by atoms with E-state index in [1.807, 2.05) is 32.9 Å². The first-order valence-corrected chi connectivity index (χ1v) is 7.18. The summed E-state index contributed by atoms with van der Waals surface area (Å²) in [6.07, 6.45) is 0.0485. The van der Waals surface area contributed by atoms with E-state index in [0.29, 0.717) is 18.9 Å². The second-order valence-electron chi connectivity index (χ2n) is 6.32. The van der Waals surface area contributed by atoms with E-state index in [2.05, 4.69) is 15.2 Å². The molecule has 21 heavy (non-hydrogen) atoms. The Balaban J connectivity index is 1.93. The number of carbonyl (C=O) groups excluding carboxylic acids is 1. The van der Waals surface area contributed by atoms with E-state index >= 15 is 0 Å². The maximum absolute atomic E-state index is 11.7. The number of nitrogens with zero attached hydrogens (tertiary/aromatic N) is 2. The average Bonchev–Trinajstić information content (AvgIpc) is 2.72. The Kier molecular flexibility index (Phi) is 4.80. The predicted molar refractivity (Wildman–Crippen MR) is 80.0 cm³/mol. The third-order valence-corrected chi connectivity index (χ3v) is 3.07. The van der Waals surface area contributed by atoms with Crippen LogP contribution in [0.1, 0.15) is 32.9 Å². The van der Waals surface area contributed by atoms with Crippen molar-refractivity contribution in [2.45, 2.75) is 45.4 Å². The summed E-state index contributed by atoms with van der Waals surface area (Å²) in [4.78, 5) is 18.2. The van der Waals surface area contributed by atoms with Crippen LogP contribution in [0.2, 0.25) is 0 Å². The molecule has 0 aromatic carbocycles. The molecule has 2 rings (SSSR count). The molecule has 116 valence electrons. The van der Waals surface area contributed by atoms with Crippen LogP contribution in [0, 0.1) is 0 Å². The Morgan fingerprint density at radius 3 is 2.90 bits per heavy atom. The summed E-state index contributed by atoms with van der Waals surface area (Å²) in [5.74, 6) is 0.474. The van der Waals surface area contributed by atoms with Crippen molar-refractivity contribution in [2.75, 3.05) is 18.4 Å². The summed E-state index contributed by atoms with van der Waals surface area (Å²) in [6.45, 7) is 7.65. The van der Waals surface area contributed by atoms with Gasteiger partial charge in [-0.05, 0) is 39.3 Å². The van der Waals surface area contributed by atoms with Crippen LogP contribution in [0.25, 0.3) is 0 Å². The van der Waals surface area contributed by atoms with Crippen molar-refractivity contribution in [2.24, 2.45) is 0 Å². The van der Waals surface area contributed by atoms with Crippen LogP contribution in [-0.2, 0) is 11.3 Å². The number of ether oxygens (including phenoxy) is 1. The normalized spacial score (nSPS) is 19.5. The minimum Gasteiger partial charge on any atom is -0.444 e. The van der Waals surface area contributed by atoms with Crippen LogP contribution < -0.4 is 5.32 Å². The SMILES string of the molecule is CC(C)(C)OC(=O)Nc1cccc(CN2CC[C@H](O)C2)n1. The van der Waals surface area contributed by atoms with E-state index in [0.717, 1.165) is 18.7 Å². The summed E-state index contributed by atoms with van der Waals surface area (Å²) < 4.78 is 5.20. The number of amides is 1. The molecule has 1 saturated heterocycles. The standard InChI is InChI=1S/C15H23N3O3/c1-15(2,3)21-14(20)17-13-6-4-5-11(16-13)9-18-8-7-12(19)10-18/h4-6,12,19H,7-10H2,1-3H3,(H,16,17,20)/t12-/m0/s1. The zero-order chi connectivity index (χ0) is 15.5. The highest BCUT2D eigenvalue weighted by atomic mass is 16.6. The molecule has 1 fully saturated rings. The molecule has 1 aromatic heterocycles. The Bertz CT molecular complexity index is 499. The van der Waals surface area contributed by atoms with Gasteiger partial charge in [-0.3, -0.25) is 10.2 Å². The number of rotatable bonds is 3. The van der Waals surface area contributed by atoms with Crippen molar-refractivity contribution in [1.82, 2.24) is 9.88 Å². The van der Waals surface area contributed by atoms with E-state index in [1.165, 1.54) is 0 Å². The monoisotopic (exact) mass is 293 g/mol. The number of β-amino-alcohol motifs (C(OH)–C–C–N with tert-alkyl or cyclic N) is 1. The molecule has 1 atom stereocenters. The van der Waals surface area contributed by atoms with Crippen molar-refractivity contribution >= 4 is 11.9 Å². The van der Waals surface area contributed by atoms with Gasteiger partial charge in [0, 0.05) is 19.6 Å². The minimum atomic E-state index is -0.534. The molecule has 6 nitrogen and oxygen atoms in total. The molecule has 1 aliphatic rings. The molecule has 0 saturated carbocycles. The first-order valence-electron chi connectivity index (χ1n) is 7.18. The molecule has 2 heterocycles. The summed E-state index contributed by atoms with van der Waals surface area (Å²) in [6, 6.07) is 5.48. The lowest BCUT2D eigenvalue weighted by Crippen LogP contribution is -2.27. The first kappa shape index (κ1) is 15.7. The van der Waals surface area contributed by atoms with Crippen LogP contribution in [0.4, 0.5) is 10.6 Å². The van der Waals surface area contributed by atoms with Gasteiger partial charge in [-0.25, -0.2) is 9.78 Å². The summed E-state index contributed by atoms with van der Waals surface area (Å²) in [7, 11) is 0. The number of carbonyl (C=O) groups is 1. The zero-order valence-corrected chi connectivity index (χ0v) is 12.8. The topological polar surface area (TPSA) is 74.7 Å². The molecule has 0 bridgehead atoms. The van der Waals surface area contributed by atoms with E-state index in [9.17, 15) is 9.90 Å². The first-order chi connectivity index (χ1) is 9.82. The number of hydrogen-bond donors (Lipinski definition) is 2. The molecule has 0 spiro atoms. The van der Waals surface area contributed by atoms with Crippen molar-refractivity contribution in [3.8, 4) is 0 Å². The van der Waals surface area contributed by atoms with Gasteiger partial charge in [-0.1, -0.05) is 6.07 Å². The highest BCUT2D eigenvalue weighted by Crippen LogP contribution is 2.14. The number of anilines is 1. The van der Waals surface area contributed by atoms with Crippen molar-refractivity contribution in [1.29, 1.82) is 0 Å². The molecule has 0 radical (unpaired) electrons. The van der Waals surface area contributed by atoms with E-state index in [-0.39, 0.29) is 6.10 Å². The van der Waals surface area contributed by atoms with Crippen molar-refractivity contribution in [3.63, 3.8) is 0 Å².